The second kappa shape index (κ2) is 12.0. The van der Waals surface area contributed by atoms with Crippen LogP contribution in [0.1, 0.15) is 31.4 Å². The Morgan fingerprint density at radius 1 is 1.07 bits per heavy atom. The van der Waals surface area contributed by atoms with Gasteiger partial charge in [0, 0.05) is 28.4 Å². The molecule has 2 aliphatic rings. The molecule has 2 heterocycles. The summed E-state index contributed by atoms with van der Waals surface area (Å²) in [4.78, 5) is 32.5. The number of aromatic hydroxyl groups is 2. The highest BCUT2D eigenvalue weighted by molar-refractivity contribution is 6.30. The number of hydrogen-bond donors (Lipinski definition) is 6. The van der Waals surface area contributed by atoms with Crippen LogP contribution in [0.3, 0.4) is 0 Å². The van der Waals surface area contributed by atoms with Crippen LogP contribution in [0.25, 0.3) is 0 Å². The van der Waals surface area contributed by atoms with Gasteiger partial charge in [0.15, 0.2) is 18.1 Å². The molecule has 0 radical (unpaired) electrons. The molecule has 3 aromatic rings. The lowest BCUT2D eigenvalue weighted by Crippen LogP contribution is -2.47. The van der Waals surface area contributed by atoms with Crippen molar-refractivity contribution in [3.8, 4) is 17.2 Å². The predicted molar refractivity (Wildman–Crippen MR) is 157 cm³/mol. The number of amides is 2. The topological polar surface area (TPSA) is 148 Å². The van der Waals surface area contributed by atoms with E-state index in [1.54, 1.807) is 18.2 Å². The SMILES string of the molecule is CCNC(=O)CC1N=C(c2ccc(Cl)cc2)c2cc(OCC(=O)Nc3cccc(O)c3O)ccc2N2C(C)NNC12. The first-order valence-electron chi connectivity index (χ1n) is 13.2. The fraction of sp³-hybridized carbons (Fsp3) is 0.276. The number of hydrogen-bond acceptors (Lipinski definition) is 9. The second-order valence-corrected chi connectivity index (χ2v) is 10.2. The Bertz CT molecular complexity index is 1480. The first kappa shape index (κ1) is 28.2. The van der Waals surface area contributed by atoms with Crippen molar-refractivity contribution in [3.63, 3.8) is 0 Å². The van der Waals surface area contributed by atoms with Crippen LogP contribution in [-0.4, -0.2) is 59.3 Å². The van der Waals surface area contributed by atoms with Crippen LogP contribution in [0.5, 0.6) is 17.2 Å². The van der Waals surface area contributed by atoms with Crippen molar-refractivity contribution >= 4 is 40.5 Å². The Kier molecular flexibility index (Phi) is 8.29. The molecule has 3 atom stereocenters. The minimum atomic E-state index is -0.518. The number of halogens is 1. The molecule has 214 valence electrons. The molecule has 0 saturated carbocycles. The molecule has 6 N–H and O–H groups in total. The monoisotopic (exact) mass is 578 g/mol. The Morgan fingerprint density at radius 3 is 2.61 bits per heavy atom. The van der Waals surface area contributed by atoms with E-state index in [4.69, 9.17) is 21.3 Å². The molecule has 1 fully saturated rings. The molecule has 0 bridgehead atoms. The number of hydrazine groups is 1. The van der Waals surface area contributed by atoms with E-state index in [2.05, 4.69) is 26.4 Å². The maximum absolute atomic E-state index is 12.7. The number of anilines is 2. The Hall–Kier alpha value is -4.32. The zero-order valence-corrected chi connectivity index (χ0v) is 23.3. The van der Waals surface area contributed by atoms with Gasteiger partial charge in [-0.3, -0.25) is 14.6 Å². The van der Waals surface area contributed by atoms with Crippen molar-refractivity contribution < 1.29 is 24.5 Å². The summed E-state index contributed by atoms with van der Waals surface area (Å²) >= 11 is 6.18. The number of fused-ring (bicyclic) bond motifs is 3. The number of aliphatic imine (C=N–C) groups is 1. The third-order valence-electron chi connectivity index (χ3n) is 6.86. The maximum Gasteiger partial charge on any atom is 0.262 e. The van der Waals surface area contributed by atoms with Crippen LogP contribution in [0.4, 0.5) is 11.4 Å². The second-order valence-electron chi connectivity index (χ2n) is 9.72. The molecule has 2 aliphatic heterocycles. The lowest BCUT2D eigenvalue weighted by atomic mass is 9.99. The number of phenolic OH excluding ortho intramolecular Hbond substituents is 2. The van der Waals surface area contributed by atoms with Crippen LogP contribution in [0.2, 0.25) is 5.02 Å². The molecule has 12 heteroatoms. The quantitative estimate of drug-likeness (QED) is 0.223. The maximum atomic E-state index is 12.7. The highest BCUT2D eigenvalue weighted by Gasteiger charge is 2.40. The van der Waals surface area contributed by atoms with Gasteiger partial charge in [0.1, 0.15) is 11.9 Å². The highest BCUT2D eigenvalue weighted by atomic mass is 35.5. The largest absolute Gasteiger partial charge is 0.504 e. The van der Waals surface area contributed by atoms with E-state index >= 15 is 0 Å². The van der Waals surface area contributed by atoms with Crippen molar-refractivity contribution in [2.24, 2.45) is 4.99 Å². The number of carbonyl (C=O) groups excluding carboxylic acids is 2. The van der Waals surface area contributed by atoms with Crippen LogP contribution in [0, 0.1) is 0 Å². The molecular formula is C29H31ClN6O5. The summed E-state index contributed by atoms with van der Waals surface area (Å²) in [7, 11) is 0. The minimum Gasteiger partial charge on any atom is -0.504 e. The average molecular weight is 579 g/mol. The van der Waals surface area contributed by atoms with Crippen molar-refractivity contribution in [1.82, 2.24) is 16.2 Å². The molecule has 5 rings (SSSR count). The van der Waals surface area contributed by atoms with Crippen molar-refractivity contribution in [3.05, 3.63) is 76.8 Å². The fourth-order valence-corrected chi connectivity index (χ4v) is 5.10. The van der Waals surface area contributed by atoms with Gasteiger partial charge in [-0.25, -0.2) is 10.9 Å². The summed E-state index contributed by atoms with van der Waals surface area (Å²) in [5, 5.41) is 25.6. The van der Waals surface area contributed by atoms with Gasteiger partial charge in [-0.1, -0.05) is 29.8 Å². The Morgan fingerprint density at radius 2 is 1.85 bits per heavy atom. The number of nitrogens with zero attached hydrogens (tertiary/aromatic N) is 2. The van der Waals surface area contributed by atoms with Crippen molar-refractivity contribution in [1.29, 1.82) is 0 Å². The van der Waals surface area contributed by atoms with Crippen LogP contribution < -0.4 is 31.1 Å². The molecule has 2 amide bonds. The lowest BCUT2D eigenvalue weighted by Gasteiger charge is -2.31. The van der Waals surface area contributed by atoms with Gasteiger partial charge in [0.05, 0.1) is 30.0 Å². The number of nitrogens with one attached hydrogen (secondary N) is 4. The minimum absolute atomic E-state index is 0.0740. The summed E-state index contributed by atoms with van der Waals surface area (Å²) in [6.07, 6.45) is -0.237. The highest BCUT2D eigenvalue weighted by Crippen LogP contribution is 2.36. The van der Waals surface area contributed by atoms with Gasteiger partial charge in [-0.15, -0.1) is 0 Å². The third-order valence-corrected chi connectivity index (χ3v) is 7.11. The van der Waals surface area contributed by atoms with Crippen LogP contribution in [0.15, 0.2) is 65.7 Å². The van der Waals surface area contributed by atoms with Gasteiger partial charge < -0.3 is 30.5 Å². The molecule has 0 spiro atoms. The van der Waals surface area contributed by atoms with E-state index in [-0.39, 0.29) is 42.7 Å². The molecule has 11 nitrogen and oxygen atoms in total. The Labute approximate surface area is 242 Å². The van der Waals surface area contributed by atoms with Crippen LogP contribution in [-0.2, 0) is 9.59 Å². The molecule has 0 aliphatic carbocycles. The number of rotatable bonds is 8. The molecule has 3 unspecified atom stereocenters. The molecule has 0 aromatic heterocycles. The van der Waals surface area contributed by atoms with Gasteiger partial charge >= 0.3 is 0 Å². The zero-order valence-electron chi connectivity index (χ0n) is 22.5. The summed E-state index contributed by atoms with van der Waals surface area (Å²) in [6.45, 7) is 4.07. The van der Waals surface area contributed by atoms with Crippen LogP contribution >= 0.6 is 11.6 Å². The fourth-order valence-electron chi connectivity index (χ4n) is 4.97. The first-order chi connectivity index (χ1) is 19.7. The van der Waals surface area contributed by atoms with Gasteiger partial charge in [0.25, 0.3) is 5.91 Å². The summed E-state index contributed by atoms with van der Waals surface area (Å²) in [5.41, 5.74) is 9.73. The number of carbonyl (C=O) groups is 2. The van der Waals surface area contributed by atoms with E-state index in [1.807, 2.05) is 38.1 Å². The van der Waals surface area contributed by atoms with E-state index in [0.29, 0.717) is 23.0 Å². The van der Waals surface area contributed by atoms with Gasteiger partial charge in [0.2, 0.25) is 5.91 Å². The molecule has 41 heavy (non-hydrogen) atoms. The molecule has 3 aromatic carbocycles. The zero-order chi connectivity index (χ0) is 29.1. The number of para-hydroxylation sites is 1. The van der Waals surface area contributed by atoms with E-state index in [0.717, 1.165) is 16.8 Å². The summed E-state index contributed by atoms with van der Waals surface area (Å²) < 4.78 is 5.84. The average Bonchev–Trinajstić information content (AvgIpc) is 3.27. The predicted octanol–water partition coefficient (Wildman–Crippen LogP) is 3.10. The number of phenols is 2. The normalized spacial score (nSPS) is 19.4. The van der Waals surface area contributed by atoms with E-state index in [9.17, 15) is 19.8 Å². The number of benzene rings is 3. The Balaban J connectivity index is 1.48. The van der Waals surface area contributed by atoms with Crippen molar-refractivity contribution in [2.75, 3.05) is 23.4 Å². The standard InChI is InChI=1S/C29H31ClN6O5/c1-3-31-25(38)14-22-29-35-34-16(2)36(29)23-12-11-19(13-20(23)27(33-22)17-7-9-18(30)10-8-17)41-15-26(39)32-21-5-4-6-24(37)28(21)40/h4-13,16,22,29,34-35,37,40H,3,14-15H2,1-2H3,(H,31,38)(H,32,39). The summed E-state index contributed by atoms with van der Waals surface area (Å²) in [5.74, 6) is -0.958. The van der Waals surface area contributed by atoms with Gasteiger partial charge in [-0.2, -0.15) is 0 Å². The smallest absolute Gasteiger partial charge is 0.262 e. The summed E-state index contributed by atoms with van der Waals surface area (Å²) in [6, 6.07) is 16.7. The van der Waals surface area contributed by atoms with Crippen molar-refractivity contribution in [2.45, 2.75) is 38.6 Å². The first-order valence-corrected chi connectivity index (χ1v) is 13.6. The third kappa shape index (κ3) is 6.07. The number of ether oxygens (including phenoxy) is 1. The lowest BCUT2D eigenvalue weighted by molar-refractivity contribution is -0.121. The molecular weight excluding hydrogens is 548 g/mol. The van der Waals surface area contributed by atoms with E-state index in [1.165, 1.54) is 18.2 Å². The van der Waals surface area contributed by atoms with Gasteiger partial charge in [-0.05, 0) is 56.3 Å². The van der Waals surface area contributed by atoms with E-state index < -0.39 is 17.7 Å². The molecule has 1 saturated heterocycles.